The first-order valence-corrected chi connectivity index (χ1v) is 6.47. The molecule has 16 heavy (non-hydrogen) atoms. The molecule has 1 aromatic rings. The standard InChI is InChI=1S/C10H16N4OS/c1-6-9(7(2)14-13-6)12-10(15)8-5-16-4-3-11-8/h8,11H,3-5H2,1-2H3,(H,12,15)(H,13,14). The van der Waals surface area contributed by atoms with Gasteiger partial charge in [-0.1, -0.05) is 0 Å². The fourth-order valence-corrected chi connectivity index (χ4v) is 2.61. The number of amides is 1. The number of H-pyrrole nitrogens is 1. The lowest BCUT2D eigenvalue weighted by atomic mass is 10.2. The van der Waals surface area contributed by atoms with Crippen LogP contribution in [0.2, 0.25) is 0 Å². The molecule has 1 aliphatic heterocycles. The van der Waals surface area contributed by atoms with E-state index in [9.17, 15) is 4.79 Å². The molecule has 0 saturated carbocycles. The molecule has 0 bridgehead atoms. The van der Waals surface area contributed by atoms with Crippen LogP contribution >= 0.6 is 11.8 Å². The summed E-state index contributed by atoms with van der Waals surface area (Å²) >= 11 is 1.81. The first-order valence-electron chi connectivity index (χ1n) is 5.32. The van der Waals surface area contributed by atoms with Crippen molar-refractivity contribution in [2.24, 2.45) is 0 Å². The topological polar surface area (TPSA) is 69.8 Å². The van der Waals surface area contributed by atoms with Gasteiger partial charge in [-0.15, -0.1) is 0 Å². The number of rotatable bonds is 2. The highest BCUT2D eigenvalue weighted by molar-refractivity contribution is 7.99. The van der Waals surface area contributed by atoms with Crippen LogP contribution in [0.1, 0.15) is 11.4 Å². The van der Waals surface area contributed by atoms with Crippen molar-refractivity contribution in [1.29, 1.82) is 0 Å². The van der Waals surface area contributed by atoms with Crippen molar-refractivity contribution in [2.45, 2.75) is 19.9 Å². The molecule has 1 saturated heterocycles. The first kappa shape index (κ1) is 11.5. The van der Waals surface area contributed by atoms with Crippen molar-refractivity contribution < 1.29 is 4.79 Å². The maximum absolute atomic E-state index is 11.9. The molecular weight excluding hydrogens is 224 g/mol. The lowest BCUT2D eigenvalue weighted by Gasteiger charge is -2.22. The second-order valence-electron chi connectivity index (χ2n) is 3.88. The van der Waals surface area contributed by atoms with E-state index in [2.05, 4.69) is 20.8 Å². The number of hydrogen-bond acceptors (Lipinski definition) is 4. The molecular formula is C10H16N4OS. The predicted molar refractivity (Wildman–Crippen MR) is 65.8 cm³/mol. The number of anilines is 1. The Morgan fingerprint density at radius 2 is 2.38 bits per heavy atom. The summed E-state index contributed by atoms with van der Waals surface area (Å²) in [6.45, 7) is 4.67. The molecule has 1 atom stereocenters. The summed E-state index contributed by atoms with van der Waals surface area (Å²) in [5.41, 5.74) is 2.53. The maximum atomic E-state index is 11.9. The van der Waals surface area contributed by atoms with Crippen LogP contribution in [-0.2, 0) is 4.79 Å². The minimum Gasteiger partial charge on any atom is -0.322 e. The Bertz CT molecular complexity index is 365. The van der Waals surface area contributed by atoms with Gasteiger partial charge in [-0.2, -0.15) is 16.9 Å². The molecule has 88 valence electrons. The van der Waals surface area contributed by atoms with E-state index in [0.717, 1.165) is 35.1 Å². The van der Waals surface area contributed by atoms with Gasteiger partial charge in [0.2, 0.25) is 5.91 Å². The van der Waals surface area contributed by atoms with Gasteiger partial charge in [0.1, 0.15) is 0 Å². The number of nitrogens with zero attached hydrogens (tertiary/aromatic N) is 1. The zero-order chi connectivity index (χ0) is 11.5. The lowest BCUT2D eigenvalue weighted by molar-refractivity contribution is -0.117. The smallest absolute Gasteiger partial charge is 0.242 e. The van der Waals surface area contributed by atoms with E-state index in [4.69, 9.17) is 0 Å². The third-order valence-electron chi connectivity index (χ3n) is 2.61. The molecule has 2 heterocycles. The van der Waals surface area contributed by atoms with Gasteiger partial charge >= 0.3 is 0 Å². The number of hydrogen-bond donors (Lipinski definition) is 3. The Hall–Kier alpha value is -1.01. The SMILES string of the molecule is Cc1n[nH]c(C)c1NC(=O)C1CSCCN1. The Balaban J connectivity index is 2.01. The molecule has 3 N–H and O–H groups in total. The van der Waals surface area contributed by atoms with Gasteiger partial charge in [0.05, 0.1) is 23.1 Å². The molecule has 0 aliphatic carbocycles. The highest BCUT2D eigenvalue weighted by Gasteiger charge is 2.22. The van der Waals surface area contributed by atoms with Crippen molar-refractivity contribution in [1.82, 2.24) is 15.5 Å². The fraction of sp³-hybridized carbons (Fsp3) is 0.600. The molecule has 2 rings (SSSR count). The molecule has 1 aromatic heterocycles. The van der Waals surface area contributed by atoms with Crippen LogP contribution in [0.15, 0.2) is 0 Å². The molecule has 1 fully saturated rings. The minimum absolute atomic E-state index is 0.0276. The number of thioether (sulfide) groups is 1. The van der Waals surface area contributed by atoms with Gasteiger partial charge in [-0.05, 0) is 13.8 Å². The minimum atomic E-state index is -0.0903. The van der Waals surface area contributed by atoms with E-state index >= 15 is 0 Å². The Kier molecular flexibility index (Phi) is 3.50. The summed E-state index contributed by atoms with van der Waals surface area (Å²) in [5.74, 6) is 1.94. The van der Waals surface area contributed by atoms with Crippen LogP contribution in [0.3, 0.4) is 0 Å². The quantitative estimate of drug-likeness (QED) is 0.710. The summed E-state index contributed by atoms with van der Waals surface area (Å²) in [6, 6.07) is -0.0903. The van der Waals surface area contributed by atoms with Crippen LogP contribution in [0.4, 0.5) is 5.69 Å². The van der Waals surface area contributed by atoms with Crippen LogP contribution in [0.25, 0.3) is 0 Å². The van der Waals surface area contributed by atoms with Gasteiger partial charge in [0.25, 0.3) is 0 Å². The van der Waals surface area contributed by atoms with Crippen molar-refractivity contribution in [3.8, 4) is 0 Å². The van der Waals surface area contributed by atoms with Crippen molar-refractivity contribution in [3.63, 3.8) is 0 Å². The van der Waals surface area contributed by atoms with Crippen molar-refractivity contribution in [3.05, 3.63) is 11.4 Å². The third kappa shape index (κ3) is 2.38. The average Bonchev–Trinajstić information content (AvgIpc) is 2.62. The molecule has 1 aliphatic rings. The molecule has 5 nitrogen and oxygen atoms in total. The number of carbonyl (C=O) groups is 1. The van der Waals surface area contributed by atoms with E-state index in [1.807, 2.05) is 13.8 Å². The highest BCUT2D eigenvalue weighted by Crippen LogP contribution is 2.17. The molecule has 6 heteroatoms. The summed E-state index contributed by atoms with van der Waals surface area (Å²) < 4.78 is 0. The van der Waals surface area contributed by atoms with E-state index in [0.29, 0.717) is 0 Å². The Morgan fingerprint density at radius 1 is 1.56 bits per heavy atom. The molecule has 0 aromatic carbocycles. The summed E-state index contributed by atoms with van der Waals surface area (Å²) in [5, 5.41) is 13.0. The maximum Gasteiger partial charge on any atom is 0.242 e. The largest absolute Gasteiger partial charge is 0.322 e. The highest BCUT2D eigenvalue weighted by atomic mass is 32.2. The van der Waals surface area contributed by atoms with Crippen LogP contribution in [-0.4, -0.2) is 40.2 Å². The van der Waals surface area contributed by atoms with E-state index in [-0.39, 0.29) is 11.9 Å². The van der Waals surface area contributed by atoms with E-state index < -0.39 is 0 Å². The number of aromatic nitrogens is 2. The molecule has 1 amide bonds. The van der Waals surface area contributed by atoms with E-state index in [1.165, 1.54) is 0 Å². The third-order valence-corrected chi connectivity index (χ3v) is 3.68. The molecule has 0 radical (unpaired) electrons. The summed E-state index contributed by atoms with van der Waals surface area (Å²) in [7, 11) is 0. The Morgan fingerprint density at radius 3 is 2.94 bits per heavy atom. The van der Waals surface area contributed by atoms with Crippen molar-refractivity contribution >= 4 is 23.4 Å². The molecule has 1 unspecified atom stereocenters. The number of nitrogens with one attached hydrogen (secondary N) is 3. The zero-order valence-corrected chi connectivity index (χ0v) is 10.3. The van der Waals surface area contributed by atoms with Gasteiger partial charge in [-0.25, -0.2) is 0 Å². The van der Waals surface area contributed by atoms with Crippen LogP contribution in [0, 0.1) is 13.8 Å². The predicted octanol–water partition coefficient (Wildman–Crippen LogP) is 0.670. The fourth-order valence-electron chi connectivity index (χ4n) is 1.68. The zero-order valence-electron chi connectivity index (χ0n) is 9.46. The number of aryl methyl sites for hydroxylation is 2. The summed E-state index contributed by atoms with van der Waals surface area (Å²) in [4.78, 5) is 11.9. The monoisotopic (exact) mass is 240 g/mol. The van der Waals surface area contributed by atoms with E-state index in [1.54, 1.807) is 11.8 Å². The number of aromatic amines is 1. The lowest BCUT2D eigenvalue weighted by Crippen LogP contribution is -2.46. The number of carbonyl (C=O) groups excluding carboxylic acids is 1. The average molecular weight is 240 g/mol. The normalized spacial score (nSPS) is 20.8. The first-order chi connectivity index (χ1) is 7.68. The van der Waals surface area contributed by atoms with Gasteiger partial charge in [0.15, 0.2) is 0 Å². The van der Waals surface area contributed by atoms with Crippen LogP contribution in [0.5, 0.6) is 0 Å². The van der Waals surface area contributed by atoms with Gasteiger partial charge in [0, 0.05) is 18.1 Å². The van der Waals surface area contributed by atoms with Crippen molar-refractivity contribution in [2.75, 3.05) is 23.4 Å². The second-order valence-corrected chi connectivity index (χ2v) is 5.03. The summed E-state index contributed by atoms with van der Waals surface area (Å²) in [6.07, 6.45) is 0. The molecule has 0 spiro atoms. The second kappa shape index (κ2) is 4.88. The van der Waals surface area contributed by atoms with Gasteiger partial charge < -0.3 is 10.6 Å². The van der Waals surface area contributed by atoms with Crippen LogP contribution < -0.4 is 10.6 Å². The Labute approximate surface area is 98.8 Å². The van der Waals surface area contributed by atoms with Gasteiger partial charge in [-0.3, -0.25) is 9.89 Å².